The summed E-state index contributed by atoms with van der Waals surface area (Å²) in [4.78, 5) is 11.6. The molecule has 0 aliphatic carbocycles. The highest BCUT2D eigenvalue weighted by molar-refractivity contribution is 9.10. The molecule has 0 saturated carbocycles. The first kappa shape index (κ1) is 14.3. The minimum absolute atomic E-state index is 0.0332. The Morgan fingerprint density at radius 2 is 2.16 bits per heavy atom. The second-order valence-electron chi connectivity index (χ2n) is 4.30. The van der Waals surface area contributed by atoms with Gasteiger partial charge < -0.3 is 11.1 Å². The maximum atomic E-state index is 12.2. The molecule has 1 aliphatic heterocycles. The van der Waals surface area contributed by atoms with Gasteiger partial charge in [-0.2, -0.15) is 4.72 Å². The van der Waals surface area contributed by atoms with Gasteiger partial charge in [0.05, 0.1) is 4.90 Å². The van der Waals surface area contributed by atoms with Crippen LogP contribution in [0.25, 0.3) is 0 Å². The normalized spacial score (nSPS) is 20.1. The number of nitrogen functional groups attached to an aromatic ring is 1. The lowest BCUT2D eigenvalue weighted by molar-refractivity contribution is -0.124. The van der Waals surface area contributed by atoms with Crippen LogP contribution in [0.2, 0.25) is 0 Å². The number of nitrogens with two attached hydrogens (primary N) is 1. The van der Waals surface area contributed by atoms with Gasteiger partial charge in [-0.15, -0.1) is 0 Å². The summed E-state index contributed by atoms with van der Waals surface area (Å²) in [6.45, 7) is 0.582. The molecule has 1 unspecified atom stereocenters. The monoisotopic (exact) mass is 347 g/mol. The first-order chi connectivity index (χ1) is 8.90. The summed E-state index contributed by atoms with van der Waals surface area (Å²) >= 11 is 3.17. The Labute approximate surface area is 119 Å². The van der Waals surface area contributed by atoms with E-state index in [4.69, 9.17) is 5.73 Å². The van der Waals surface area contributed by atoms with Gasteiger partial charge in [0.1, 0.15) is 6.04 Å². The van der Waals surface area contributed by atoms with Gasteiger partial charge in [-0.25, -0.2) is 8.42 Å². The summed E-state index contributed by atoms with van der Waals surface area (Å²) in [6, 6.07) is 3.78. The summed E-state index contributed by atoms with van der Waals surface area (Å²) < 4.78 is 27.3. The predicted molar refractivity (Wildman–Crippen MR) is 74.9 cm³/mol. The molecule has 8 heteroatoms. The smallest absolute Gasteiger partial charge is 0.242 e. The van der Waals surface area contributed by atoms with Crippen LogP contribution in [0.5, 0.6) is 0 Å². The SMILES string of the molecule is Nc1ccc(Br)c(S(=O)(=O)NC2CCCNC2=O)c1. The van der Waals surface area contributed by atoms with Gasteiger partial charge in [0.25, 0.3) is 0 Å². The Kier molecular flexibility index (Phi) is 4.12. The Balaban J connectivity index is 2.27. The largest absolute Gasteiger partial charge is 0.399 e. The maximum absolute atomic E-state index is 12.2. The highest BCUT2D eigenvalue weighted by Crippen LogP contribution is 2.24. The van der Waals surface area contributed by atoms with Crippen LogP contribution in [0, 0.1) is 0 Å². The molecule has 1 aromatic rings. The fourth-order valence-electron chi connectivity index (χ4n) is 1.86. The quantitative estimate of drug-likeness (QED) is 0.696. The molecular weight excluding hydrogens is 334 g/mol. The molecule has 2 rings (SSSR count). The fourth-order valence-corrected chi connectivity index (χ4v) is 4.09. The average Bonchev–Trinajstić information content (AvgIpc) is 2.35. The lowest BCUT2D eigenvalue weighted by atomic mass is 10.1. The second kappa shape index (κ2) is 5.48. The van der Waals surface area contributed by atoms with E-state index in [0.29, 0.717) is 23.1 Å². The third-order valence-corrected chi connectivity index (χ3v) is 5.29. The van der Waals surface area contributed by atoms with Gasteiger partial charge in [0.2, 0.25) is 15.9 Å². The molecular formula is C11H14BrN3O3S. The molecule has 1 amide bonds. The molecule has 0 aromatic heterocycles. The number of carbonyl (C=O) groups excluding carboxylic acids is 1. The molecule has 1 aromatic carbocycles. The first-order valence-corrected chi connectivity index (χ1v) is 8.03. The molecule has 19 heavy (non-hydrogen) atoms. The topological polar surface area (TPSA) is 101 Å². The predicted octanol–water partition coefficient (Wildman–Crippen LogP) is 0.588. The van der Waals surface area contributed by atoms with E-state index in [1.807, 2.05) is 0 Å². The minimum Gasteiger partial charge on any atom is -0.399 e. The number of sulfonamides is 1. The van der Waals surface area contributed by atoms with Crippen molar-refractivity contribution in [2.24, 2.45) is 0 Å². The fraction of sp³-hybridized carbons (Fsp3) is 0.364. The highest BCUT2D eigenvalue weighted by atomic mass is 79.9. The number of rotatable bonds is 3. The van der Waals surface area contributed by atoms with E-state index in [2.05, 4.69) is 26.0 Å². The Morgan fingerprint density at radius 1 is 1.42 bits per heavy atom. The summed E-state index contributed by atoms with van der Waals surface area (Å²) in [7, 11) is -3.78. The number of carbonyl (C=O) groups is 1. The number of halogens is 1. The van der Waals surface area contributed by atoms with Crippen molar-refractivity contribution >= 4 is 37.5 Å². The molecule has 1 atom stereocenters. The van der Waals surface area contributed by atoms with E-state index in [0.717, 1.165) is 6.42 Å². The van der Waals surface area contributed by atoms with Gasteiger partial charge in [-0.3, -0.25) is 4.79 Å². The molecule has 1 saturated heterocycles. The zero-order valence-electron chi connectivity index (χ0n) is 10.0. The van der Waals surface area contributed by atoms with Crippen molar-refractivity contribution in [1.29, 1.82) is 0 Å². The maximum Gasteiger partial charge on any atom is 0.242 e. The van der Waals surface area contributed by atoms with Crippen molar-refractivity contribution in [3.05, 3.63) is 22.7 Å². The lowest BCUT2D eigenvalue weighted by Crippen LogP contribution is -2.50. The van der Waals surface area contributed by atoms with Crippen LogP contribution in [-0.2, 0) is 14.8 Å². The van der Waals surface area contributed by atoms with Crippen molar-refractivity contribution in [2.75, 3.05) is 12.3 Å². The van der Waals surface area contributed by atoms with Gasteiger partial charge in [0.15, 0.2) is 0 Å². The van der Waals surface area contributed by atoms with Crippen molar-refractivity contribution in [3.8, 4) is 0 Å². The third kappa shape index (κ3) is 3.26. The van der Waals surface area contributed by atoms with E-state index in [9.17, 15) is 13.2 Å². The van der Waals surface area contributed by atoms with Gasteiger partial charge in [-0.1, -0.05) is 0 Å². The molecule has 104 valence electrons. The summed E-state index contributed by atoms with van der Waals surface area (Å²) in [5, 5.41) is 2.63. The van der Waals surface area contributed by atoms with Crippen LogP contribution in [-0.4, -0.2) is 26.9 Å². The van der Waals surface area contributed by atoms with Crippen LogP contribution in [0.4, 0.5) is 5.69 Å². The van der Waals surface area contributed by atoms with E-state index in [-0.39, 0.29) is 10.8 Å². The van der Waals surface area contributed by atoms with Crippen molar-refractivity contribution in [3.63, 3.8) is 0 Å². The van der Waals surface area contributed by atoms with Crippen LogP contribution in [0.1, 0.15) is 12.8 Å². The van der Waals surface area contributed by atoms with Crippen molar-refractivity contribution < 1.29 is 13.2 Å². The number of anilines is 1. The Hall–Kier alpha value is -1.12. The minimum atomic E-state index is -3.78. The molecule has 4 N–H and O–H groups in total. The Morgan fingerprint density at radius 3 is 2.84 bits per heavy atom. The van der Waals surface area contributed by atoms with Crippen molar-refractivity contribution in [2.45, 2.75) is 23.8 Å². The van der Waals surface area contributed by atoms with Crippen LogP contribution in [0.15, 0.2) is 27.6 Å². The molecule has 0 bridgehead atoms. The van der Waals surface area contributed by atoms with E-state index >= 15 is 0 Å². The second-order valence-corrected chi connectivity index (χ2v) is 6.83. The molecule has 1 fully saturated rings. The lowest BCUT2D eigenvalue weighted by Gasteiger charge is -2.22. The number of amides is 1. The van der Waals surface area contributed by atoms with Crippen LogP contribution < -0.4 is 15.8 Å². The zero-order valence-corrected chi connectivity index (χ0v) is 12.4. The molecule has 0 spiro atoms. The average molecular weight is 348 g/mol. The third-order valence-electron chi connectivity index (χ3n) is 2.83. The molecule has 0 radical (unpaired) electrons. The first-order valence-electron chi connectivity index (χ1n) is 5.75. The number of hydrogen-bond acceptors (Lipinski definition) is 4. The summed E-state index contributed by atoms with van der Waals surface area (Å²) in [6.07, 6.45) is 1.24. The molecule has 1 aliphatic rings. The van der Waals surface area contributed by atoms with Crippen molar-refractivity contribution in [1.82, 2.24) is 10.0 Å². The molecule has 1 heterocycles. The molecule has 6 nitrogen and oxygen atoms in total. The van der Waals surface area contributed by atoms with E-state index in [1.165, 1.54) is 6.07 Å². The van der Waals surface area contributed by atoms with Gasteiger partial charge >= 0.3 is 0 Å². The summed E-state index contributed by atoms with van der Waals surface area (Å²) in [5.74, 6) is -0.296. The Bertz CT molecular complexity index is 603. The van der Waals surface area contributed by atoms with Gasteiger partial charge in [0, 0.05) is 16.7 Å². The summed E-state index contributed by atoms with van der Waals surface area (Å²) in [5.41, 5.74) is 5.94. The number of piperidine rings is 1. The number of benzene rings is 1. The van der Waals surface area contributed by atoms with E-state index < -0.39 is 16.1 Å². The number of hydrogen-bond donors (Lipinski definition) is 3. The van der Waals surface area contributed by atoms with Crippen LogP contribution >= 0.6 is 15.9 Å². The zero-order chi connectivity index (χ0) is 14.0. The van der Waals surface area contributed by atoms with Crippen LogP contribution in [0.3, 0.4) is 0 Å². The standard InChI is InChI=1S/C11H14BrN3O3S/c12-8-4-3-7(13)6-10(8)19(17,18)15-9-2-1-5-14-11(9)16/h3-4,6,9,15H,1-2,5,13H2,(H,14,16). The van der Waals surface area contributed by atoms with E-state index in [1.54, 1.807) is 12.1 Å². The highest BCUT2D eigenvalue weighted by Gasteiger charge is 2.28. The number of nitrogens with one attached hydrogen (secondary N) is 2. The van der Waals surface area contributed by atoms with Gasteiger partial charge in [-0.05, 0) is 47.0 Å².